The number of alkyl halides is 3. The van der Waals surface area contributed by atoms with Crippen molar-refractivity contribution >= 4 is 17.5 Å². The van der Waals surface area contributed by atoms with Crippen LogP contribution in [0.3, 0.4) is 0 Å². The Labute approximate surface area is 161 Å². The van der Waals surface area contributed by atoms with Gasteiger partial charge in [0.25, 0.3) is 0 Å². The average Bonchev–Trinajstić information content (AvgIpc) is 2.65. The van der Waals surface area contributed by atoms with Gasteiger partial charge in [-0.3, -0.25) is 9.59 Å². The number of benzene rings is 2. The van der Waals surface area contributed by atoms with Gasteiger partial charge in [-0.2, -0.15) is 13.2 Å². The highest BCUT2D eigenvalue weighted by Crippen LogP contribution is 2.34. The summed E-state index contributed by atoms with van der Waals surface area (Å²) in [6.07, 6.45) is -4.60. The highest BCUT2D eigenvalue weighted by molar-refractivity contribution is 5.96. The Morgan fingerprint density at radius 3 is 2.18 bits per heavy atom. The lowest BCUT2D eigenvalue weighted by molar-refractivity contribution is -0.139. The van der Waals surface area contributed by atoms with Crippen LogP contribution < -0.4 is 11.1 Å². The van der Waals surface area contributed by atoms with E-state index in [9.17, 15) is 22.8 Å². The van der Waals surface area contributed by atoms with Gasteiger partial charge in [0.1, 0.15) is 5.54 Å². The number of rotatable bonds is 6. The quantitative estimate of drug-likeness (QED) is 0.790. The van der Waals surface area contributed by atoms with Crippen LogP contribution in [-0.4, -0.2) is 29.8 Å². The van der Waals surface area contributed by atoms with Gasteiger partial charge in [-0.25, -0.2) is 0 Å². The minimum absolute atomic E-state index is 0.173. The van der Waals surface area contributed by atoms with Crippen molar-refractivity contribution in [1.82, 2.24) is 4.90 Å². The second-order valence-corrected chi connectivity index (χ2v) is 6.48. The third-order valence-electron chi connectivity index (χ3n) is 4.33. The molecule has 0 aliphatic carbocycles. The van der Waals surface area contributed by atoms with Crippen molar-refractivity contribution in [3.05, 3.63) is 65.7 Å². The Bertz CT molecular complexity index is 836. The number of hydrogen-bond acceptors (Lipinski definition) is 3. The first-order valence-electron chi connectivity index (χ1n) is 8.67. The summed E-state index contributed by atoms with van der Waals surface area (Å²) < 4.78 is 39.2. The fraction of sp³-hybridized carbons (Fsp3) is 0.300. The van der Waals surface area contributed by atoms with Crippen molar-refractivity contribution in [2.45, 2.75) is 25.6 Å². The Morgan fingerprint density at radius 1 is 1.04 bits per heavy atom. The van der Waals surface area contributed by atoms with E-state index in [-0.39, 0.29) is 12.2 Å². The number of nitrogens with zero attached hydrogens (tertiary/aromatic N) is 1. The van der Waals surface area contributed by atoms with Crippen molar-refractivity contribution in [2.24, 2.45) is 5.73 Å². The summed E-state index contributed by atoms with van der Waals surface area (Å²) in [6, 6.07) is 13.3. The van der Waals surface area contributed by atoms with E-state index in [0.29, 0.717) is 5.56 Å². The van der Waals surface area contributed by atoms with Gasteiger partial charge in [0.2, 0.25) is 11.8 Å². The second kappa shape index (κ2) is 8.43. The Kier molecular flexibility index (Phi) is 6.45. The summed E-state index contributed by atoms with van der Waals surface area (Å²) in [5, 5.41) is 2.23. The van der Waals surface area contributed by atoms with E-state index >= 15 is 0 Å². The van der Waals surface area contributed by atoms with Crippen LogP contribution in [0.1, 0.15) is 25.0 Å². The van der Waals surface area contributed by atoms with Gasteiger partial charge in [-0.05, 0) is 31.5 Å². The molecule has 2 amide bonds. The predicted octanol–water partition coefficient (Wildman–Crippen LogP) is 3.37. The predicted molar refractivity (Wildman–Crippen MR) is 100 cm³/mol. The third-order valence-corrected chi connectivity index (χ3v) is 4.33. The molecule has 0 heterocycles. The Morgan fingerprint density at radius 2 is 1.61 bits per heavy atom. The summed E-state index contributed by atoms with van der Waals surface area (Å²) >= 11 is 0. The summed E-state index contributed by atoms with van der Waals surface area (Å²) in [6.45, 7) is 2.95. The van der Waals surface area contributed by atoms with Crippen LogP contribution in [0.25, 0.3) is 0 Å². The highest BCUT2D eigenvalue weighted by atomic mass is 19.4. The molecule has 2 rings (SSSR count). The molecule has 1 unspecified atom stereocenters. The first-order valence-corrected chi connectivity index (χ1v) is 8.67. The molecule has 0 aliphatic heterocycles. The molecule has 28 heavy (non-hydrogen) atoms. The smallest absolute Gasteiger partial charge is 0.332 e. The molecule has 1 atom stereocenters. The van der Waals surface area contributed by atoms with E-state index in [1.54, 1.807) is 37.3 Å². The largest absolute Gasteiger partial charge is 0.418 e. The number of para-hydroxylation sites is 1. The van der Waals surface area contributed by atoms with Gasteiger partial charge in [0, 0.05) is 6.54 Å². The molecule has 0 bridgehead atoms. The van der Waals surface area contributed by atoms with E-state index < -0.39 is 35.6 Å². The molecule has 2 aromatic carbocycles. The minimum Gasteiger partial charge on any atom is -0.332 e. The standard InChI is InChI=1S/C20H22F3N3O2/c1-3-26(18(28)19(2,24)14-9-5-4-6-10-14)13-17(27)25-16-12-8-7-11-15(16)20(21,22)23/h4-12H,3,13,24H2,1-2H3,(H,25,27). The Balaban J connectivity index is 2.15. The van der Waals surface area contributed by atoms with E-state index in [0.717, 1.165) is 12.1 Å². The fourth-order valence-electron chi connectivity index (χ4n) is 2.77. The van der Waals surface area contributed by atoms with Crippen LogP contribution in [-0.2, 0) is 21.3 Å². The zero-order chi connectivity index (χ0) is 20.9. The molecular formula is C20H22F3N3O2. The fourth-order valence-corrected chi connectivity index (χ4v) is 2.77. The van der Waals surface area contributed by atoms with Crippen LogP contribution in [0.2, 0.25) is 0 Å². The summed E-state index contributed by atoms with van der Waals surface area (Å²) in [5.41, 5.74) is 4.08. The maximum absolute atomic E-state index is 13.1. The van der Waals surface area contributed by atoms with Gasteiger partial charge in [0.15, 0.2) is 0 Å². The van der Waals surface area contributed by atoms with Crippen LogP contribution in [0, 0.1) is 0 Å². The number of carbonyl (C=O) groups is 2. The lowest BCUT2D eigenvalue weighted by Crippen LogP contribution is -2.52. The summed E-state index contributed by atoms with van der Waals surface area (Å²) in [5.74, 6) is -1.24. The van der Waals surface area contributed by atoms with Gasteiger partial charge in [0.05, 0.1) is 17.8 Å². The topological polar surface area (TPSA) is 75.4 Å². The second-order valence-electron chi connectivity index (χ2n) is 6.48. The number of likely N-dealkylation sites (N-methyl/N-ethyl adjacent to an activating group) is 1. The summed E-state index contributed by atoms with van der Waals surface area (Å²) in [7, 11) is 0. The molecule has 0 radical (unpaired) electrons. The molecule has 8 heteroatoms. The van der Waals surface area contributed by atoms with Gasteiger partial charge in [-0.1, -0.05) is 42.5 Å². The molecule has 2 aromatic rings. The lowest BCUT2D eigenvalue weighted by Gasteiger charge is -2.31. The Hall–Kier alpha value is -2.87. The van der Waals surface area contributed by atoms with Gasteiger partial charge >= 0.3 is 6.18 Å². The van der Waals surface area contributed by atoms with Gasteiger partial charge in [-0.15, -0.1) is 0 Å². The maximum atomic E-state index is 13.1. The van der Waals surface area contributed by atoms with Crippen LogP contribution in [0.4, 0.5) is 18.9 Å². The zero-order valence-electron chi connectivity index (χ0n) is 15.6. The van der Waals surface area contributed by atoms with E-state index in [2.05, 4.69) is 5.32 Å². The third kappa shape index (κ3) is 4.89. The molecule has 3 N–H and O–H groups in total. The van der Waals surface area contributed by atoms with Crippen molar-refractivity contribution < 1.29 is 22.8 Å². The molecule has 5 nitrogen and oxygen atoms in total. The number of carbonyl (C=O) groups excluding carboxylic acids is 2. The van der Waals surface area contributed by atoms with Crippen LogP contribution in [0.5, 0.6) is 0 Å². The molecule has 0 fully saturated rings. The number of anilines is 1. The molecule has 0 aromatic heterocycles. The van der Waals surface area contributed by atoms with E-state index in [1.807, 2.05) is 0 Å². The average molecular weight is 393 g/mol. The lowest BCUT2D eigenvalue weighted by atomic mass is 9.91. The number of amides is 2. The van der Waals surface area contributed by atoms with Crippen molar-refractivity contribution in [2.75, 3.05) is 18.4 Å². The highest BCUT2D eigenvalue weighted by Gasteiger charge is 2.36. The minimum atomic E-state index is -4.60. The molecule has 150 valence electrons. The van der Waals surface area contributed by atoms with Crippen LogP contribution >= 0.6 is 0 Å². The maximum Gasteiger partial charge on any atom is 0.418 e. The van der Waals surface area contributed by atoms with E-state index in [4.69, 9.17) is 5.73 Å². The number of nitrogens with one attached hydrogen (secondary N) is 1. The summed E-state index contributed by atoms with van der Waals surface area (Å²) in [4.78, 5) is 26.4. The number of hydrogen-bond donors (Lipinski definition) is 2. The molecular weight excluding hydrogens is 371 g/mol. The number of halogens is 3. The normalized spacial score (nSPS) is 13.5. The zero-order valence-corrected chi connectivity index (χ0v) is 15.6. The number of nitrogens with two attached hydrogens (primary N) is 1. The first-order chi connectivity index (χ1) is 13.1. The SMILES string of the molecule is CCN(CC(=O)Nc1ccccc1C(F)(F)F)C(=O)C(C)(N)c1ccccc1. The molecule has 0 spiro atoms. The van der Waals surface area contributed by atoms with E-state index in [1.165, 1.54) is 24.0 Å². The molecule has 0 saturated carbocycles. The van der Waals surface area contributed by atoms with Crippen molar-refractivity contribution in [1.29, 1.82) is 0 Å². The van der Waals surface area contributed by atoms with Crippen molar-refractivity contribution in [3.63, 3.8) is 0 Å². The van der Waals surface area contributed by atoms with Crippen LogP contribution in [0.15, 0.2) is 54.6 Å². The van der Waals surface area contributed by atoms with Gasteiger partial charge < -0.3 is 16.0 Å². The van der Waals surface area contributed by atoms with Crippen molar-refractivity contribution in [3.8, 4) is 0 Å². The molecule has 0 saturated heterocycles. The molecule has 0 aliphatic rings. The monoisotopic (exact) mass is 393 g/mol. The first kappa shape index (κ1) is 21.4.